The lowest BCUT2D eigenvalue weighted by Crippen LogP contribution is -2.62. The Morgan fingerprint density at radius 1 is 1.10 bits per heavy atom. The summed E-state index contributed by atoms with van der Waals surface area (Å²) < 4.78 is 26.0. The Bertz CT molecular complexity index is 1540. The molecule has 5 aliphatic rings. The van der Waals surface area contributed by atoms with Crippen LogP contribution in [0, 0.1) is 18.7 Å². The van der Waals surface area contributed by atoms with Crippen molar-refractivity contribution in [1.29, 1.82) is 0 Å². The molecular weight excluding hydrogens is 519 g/mol. The predicted octanol–water partition coefficient (Wildman–Crippen LogP) is 4.23. The number of hydrogen-bond donors (Lipinski definition) is 1. The fourth-order valence-electron chi connectivity index (χ4n) is 8.77. The van der Waals surface area contributed by atoms with Crippen molar-refractivity contribution in [2.75, 3.05) is 46.9 Å². The zero-order valence-corrected chi connectivity index (χ0v) is 24.0. The molecule has 7 nitrogen and oxygen atoms in total. The minimum Gasteiger partial charge on any atom is -0.493 e. The summed E-state index contributed by atoms with van der Waals surface area (Å²) in [6, 6.07) is 11.5. The molecule has 2 fully saturated rings. The highest BCUT2D eigenvalue weighted by Crippen LogP contribution is 2.67. The molecule has 2 aromatic carbocycles. The van der Waals surface area contributed by atoms with Crippen LogP contribution in [0.15, 0.2) is 36.4 Å². The molecule has 4 atom stereocenters. The topological polar surface area (TPSA) is 61.0 Å². The van der Waals surface area contributed by atoms with Gasteiger partial charge in [0.15, 0.2) is 11.5 Å². The quantitative estimate of drug-likeness (QED) is 0.521. The Balaban J connectivity index is 1.09. The molecule has 214 valence electrons. The number of nitrogens with zero attached hydrogens (tertiary/aromatic N) is 3. The number of likely N-dealkylation sites (N-methyl/N-ethyl adjacent to an activating group) is 1. The van der Waals surface area contributed by atoms with Crippen molar-refractivity contribution in [2.45, 2.75) is 50.3 Å². The van der Waals surface area contributed by atoms with Crippen LogP contribution in [0.25, 0.3) is 0 Å². The zero-order valence-electron chi connectivity index (χ0n) is 24.0. The molecule has 0 radical (unpaired) electrons. The first-order chi connectivity index (χ1) is 19.9. The van der Waals surface area contributed by atoms with Gasteiger partial charge < -0.3 is 24.3 Å². The Hall–Kier alpha value is -3.36. The highest BCUT2D eigenvalue weighted by molar-refractivity contribution is 5.94. The molecule has 1 amide bonds. The Morgan fingerprint density at radius 2 is 1.88 bits per heavy atom. The monoisotopic (exact) mass is 556 g/mol. The number of benzene rings is 2. The minimum absolute atomic E-state index is 0.0766. The molecule has 2 saturated heterocycles. The molecule has 8 rings (SSSR count). The summed E-state index contributed by atoms with van der Waals surface area (Å²) in [6.07, 6.45) is 2.89. The van der Waals surface area contributed by atoms with Crippen molar-refractivity contribution in [2.24, 2.45) is 5.92 Å². The summed E-state index contributed by atoms with van der Waals surface area (Å²) in [5, 5.41) is 0. The van der Waals surface area contributed by atoms with Crippen LogP contribution >= 0.6 is 0 Å². The van der Waals surface area contributed by atoms with Gasteiger partial charge >= 0.3 is 0 Å². The number of carbonyl (C=O) groups is 1. The van der Waals surface area contributed by atoms with Crippen molar-refractivity contribution in [1.82, 2.24) is 19.7 Å². The lowest BCUT2D eigenvalue weighted by Gasteiger charge is -2.57. The predicted molar refractivity (Wildman–Crippen MR) is 153 cm³/mol. The molecule has 0 saturated carbocycles. The SMILES string of the molecule is COc1ccc2c3c1O[C@H]1c4[nH]c(C(=O)N5CCN(Cc6ccc(F)cc6)CC5)c(C)c4CC4[C@H](C2)N(C)CC[C@@]341. The van der Waals surface area contributed by atoms with Crippen LogP contribution in [0.5, 0.6) is 11.5 Å². The lowest BCUT2D eigenvalue weighted by atomic mass is 9.51. The van der Waals surface area contributed by atoms with E-state index in [4.69, 9.17) is 9.47 Å². The first-order valence-electron chi connectivity index (χ1n) is 14.9. The number of piperazine rings is 1. The third-order valence-electron chi connectivity index (χ3n) is 10.9. The van der Waals surface area contributed by atoms with Gasteiger partial charge in [-0.25, -0.2) is 4.39 Å². The van der Waals surface area contributed by atoms with Gasteiger partial charge in [-0.3, -0.25) is 9.69 Å². The number of amides is 1. The minimum atomic E-state index is -0.214. The average molecular weight is 557 g/mol. The number of H-pyrrole nitrogens is 1. The van der Waals surface area contributed by atoms with Crippen LogP contribution in [0.4, 0.5) is 4.39 Å². The molecular formula is C33H37FN4O3. The summed E-state index contributed by atoms with van der Waals surface area (Å²) in [5.41, 5.74) is 7.89. The Kier molecular flexibility index (Phi) is 5.61. The van der Waals surface area contributed by atoms with E-state index in [-0.39, 0.29) is 23.2 Å². The summed E-state index contributed by atoms with van der Waals surface area (Å²) in [4.78, 5) is 24.5. The van der Waals surface area contributed by atoms with E-state index in [2.05, 4.69) is 40.9 Å². The van der Waals surface area contributed by atoms with Gasteiger partial charge in [0.2, 0.25) is 0 Å². The lowest BCUT2D eigenvalue weighted by molar-refractivity contribution is -0.0256. The van der Waals surface area contributed by atoms with Gasteiger partial charge in [-0.2, -0.15) is 0 Å². The zero-order chi connectivity index (χ0) is 28.0. The Labute approximate surface area is 240 Å². The van der Waals surface area contributed by atoms with Crippen molar-refractivity contribution < 1.29 is 18.7 Å². The van der Waals surface area contributed by atoms with E-state index in [0.717, 1.165) is 73.8 Å². The standard InChI is InChI=1S/C33H37FN4O3/c1-19-23-17-24-25-16-21-6-9-26(40-3)30-27(21)33(24,10-11-36(25)2)31(41-30)29(23)35-28(19)32(39)38-14-12-37(13-15-38)18-20-4-7-22(34)8-5-20/h4-9,24-25,31,35H,10-18H2,1-3H3/t24?,25-,31-,33-/m0/s1. The largest absolute Gasteiger partial charge is 0.493 e. The first-order valence-corrected chi connectivity index (χ1v) is 14.9. The van der Waals surface area contributed by atoms with Gasteiger partial charge in [0.05, 0.1) is 12.8 Å². The van der Waals surface area contributed by atoms with Gasteiger partial charge in [-0.15, -0.1) is 0 Å². The molecule has 1 aromatic heterocycles. The smallest absolute Gasteiger partial charge is 0.270 e. The van der Waals surface area contributed by atoms with Crippen LogP contribution in [-0.2, 0) is 24.8 Å². The fourth-order valence-corrected chi connectivity index (χ4v) is 8.77. The molecule has 1 unspecified atom stereocenters. The molecule has 3 aliphatic heterocycles. The highest BCUT2D eigenvalue weighted by atomic mass is 19.1. The number of likely N-dealkylation sites (tertiary alicyclic amines) is 1. The molecule has 2 bridgehead atoms. The fraction of sp³-hybridized carbons (Fsp3) is 0.485. The Morgan fingerprint density at radius 3 is 2.63 bits per heavy atom. The number of halogens is 1. The van der Waals surface area contributed by atoms with E-state index in [1.807, 2.05) is 17.0 Å². The van der Waals surface area contributed by atoms with Gasteiger partial charge in [0.25, 0.3) is 5.91 Å². The molecule has 4 heterocycles. The number of methoxy groups -OCH3 is 1. The van der Waals surface area contributed by atoms with Crippen molar-refractivity contribution in [3.63, 3.8) is 0 Å². The van der Waals surface area contributed by atoms with Crippen molar-refractivity contribution in [3.05, 3.63) is 81.4 Å². The second-order valence-corrected chi connectivity index (χ2v) is 12.7. The molecule has 3 aromatic rings. The number of piperidine rings is 1. The van der Waals surface area contributed by atoms with Crippen LogP contribution in [0.3, 0.4) is 0 Å². The normalized spacial score (nSPS) is 28.2. The van der Waals surface area contributed by atoms with E-state index < -0.39 is 0 Å². The number of carbonyl (C=O) groups excluding carboxylic acids is 1. The third kappa shape index (κ3) is 3.53. The average Bonchev–Trinajstić information content (AvgIpc) is 3.50. The van der Waals surface area contributed by atoms with Crippen molar-refractivity contribution in [3.8, 4) is 11.5 Å². The maximum Gasteiger partial charge on any atom is 0.270 e. The van der Waals surface area contributed by atoms with Crippen LogP contribution in [0.2, 0.25) is 0 Å². The molecule has 2 aliphatic carbocycles. The van der Waals surface area contributed by atoms with Gasteiger partial charge in [0, 0.05) is 49.7 Å². The second kappa shape index (κ2) is 9.07. The number of aromatic amines is 1. The second-order valence-electron chi connectivity index (χ2n) is 12.7. The van der Waals surface area contributed by atoms with Crippen LogP contribution in [0.1, 0.15) is 56.5 Å². The summed E-state index contributed by atoms with van der Waals surface area (Å²) in [7, 11) is 3.99. The summed E-state index contributed by atoms with van der Waals surface area (Å²) >= 11 is 0. The van der Waals surface area contributed by atoms with Crippen molar-refractivity contribution >= 4 is 5.91 Å². The van der Waals surface area contributed by atoms with Crippen LogP contribution < -0.4 is 9.47 Å². The summed E-state index contributed by atoms with van der Waals surface area (Å²) in [6.45, 7) is 6.87. The van der Waals surface area contributed by atoms with E-state index in [1.54, 1.807) is 7.11 Å². The highest BCUT2D eigenvalue weighted by Gasteiger charge is 2.65. The molecule has 8 heteroatoms. The van der Waals surface area contributed by atoms with E-state index >= 15 is 0 Å². The summed E-state index contributed by atoms with van der Waals surface area (Å²) in [5.74, 6) is 2.02. The number of ether oxygens (including phenoxy) is 2. The first kappa shape index (κ1) is 25.4. The third-order valence-corrected chi connectivity index (χ3v) is 10.9. The van der Waals surface area contributed by atoms with E-state index in [0.29, 0.717) is 30.7 Å². The van der Waals surface area contributed by atoms with E-state index in [1.165, 1.54) is 28.8 Å². The number of nitrogens with one attached hydrogen (secondary N) is 1. The number of aromatic nitrogens is 1. The van der Waals surface area contributed by atoms with Gasteiger partial charge in [-0.05, 0) is 86.1 Å². The van der Waals surface area contributed by atoms with Crippen LogP contribution in [-0.4, -0.2) is 78.5 Å². The molecule has 1 spiro atoms. The number of fused-ring (bicyclic) bond motifs is 2. The van der Waals surface area contributed by atoms with Gasteiger partial charge in [0.1, 0.15) is 17.6 Å². The number of rotatable bonds is 4. The number of hydrogen-bond acceptors (Lipinski definition) is 5. The molecule has 1 N–H and O–H groups in total. The maximum atomic E-state index is 14.0. The maximum absolute atomic E-state index is 14.0. The molecule has 41 heavy (non-hydrogen) atoms. The van der Waals surface area contributed by atoms with E-state index in [9.17, 15) is 9.18 Å². The van der Waals surface area contributed by atoms with Gasteiger partial charge in [-0.1, -0.05) is 18.2 Å².